The zero-order chi connectivity index (χ0) is 14.3. The first-order valence-corrected chi connectivity index (χ1v) is 6.43. The monoisotopic (exact) mass is 262 g/mol. The van der Waals surface area contributed by atoms with Crippen LogP contribution in [-0.2, 0) is 4.74 Å². The van der Waals surface area contributed by atoms with Crippen LogP contribution >= 0.6 is 0 Å². The molecule has 0 fully saturated rings. The number of alkyl carbamates (subject to hydrolysis) is 1. The van der Waals surface area contributed by atoms with Gasteiger partial charge in [-0.2, -0.15) is 0 Å². The van der Waals surface area contributed by atoms with Gasteiger partial charge in [0.25, 0.3) is 0 Å². The Balaban J connectivity index is 2.24. The van der Waals surface area contributed by atoms with Crippen LogP contribution in [0.5, 0.6) is 0 Å². The number of hydrogen-bond donors (Lipinski definition) is 1. The number of nitrogens with zero attached hydrogens (tertiary/aromatic N) is 1. The molecule has 1 N–H and O–H groups in total. The zero-order valence-corrected chi connectivity index (χ0v) is 12.1. The van der Waals surface area contributed by atoms with Crippen LogP contribution in [-0.4, -0.2) is 23.2 Å². The molecule has 0 spiro atoms. The molecular formula is C15H22N2O2. The molecule has 1 amide bonds. The lowest BCUT2D eigenvalue weighted by Gasteiger charge is -2.19. The molecule has 0 aliphatic rings. The smallest absolute Gasteiger partial charge is 0.407 e. The quantitative estimate of drug-likeness (QED) is 0.847. The van der Waals surface area contributed by atoms with E-state index in [0.29, 0.717) is 6.54 Å². The number of amides is 1. The summed E-state index contributed by atoms with van der Waals surface area (Å²) in [6.07, 6.45) is 6.12. The molecular weight excluding hydrogens is 240 g/mol. The van der Waals surface area contributed by atoms with E-state index < -0.39 is 5.60 Å². The van der Waals surface area contributed by atoms with E-state index in [9.17, 15) is 4.79 Å². The number of pyridine rings is 1. The molecule has 0 aliphatic heterocycles. The highest BCUT2D eigenvalue weighted by atomic mass is 16.6. The van der Waals surface area contributed by atoms with Gasteiger partial charge in [0, 0.05) is 12.7 Å². The Morgan fingerprint density at radius 1 is 1.42 bits per heavy atom. The molecule has 1 rings (SSSR count). The van der Waals surface area contributed by atoms with Gasteiger partial charge in [-0.3, -0.25) is 4.98 Å². The van der Waals surface area contributed by atoms with Crippen LogP contribution in [0, 0.1) is 6.92 Å². The van der Waals surface area contributed by atoms with Gasteiger partial charge in [-0.1, -0.05) is 12.1 Å². The van der Waals surface area contributed by atoms with Gasteiger partial charge in [-0.05, 0) is 51.8 Å². The van der Waals surface area contributed by atoms with Crippen molar-refractivity contribution < 1.29 is 9.53 Å². The molecule has 0 aromatic carbocycles. The van der Waals surface area contributed by atoms with Crippen molar-refractivity contribution in [1.82, 2.24) is 10.3 Å². The van der Waals surface area contributed by atoms with Gasteiger partial charge < -0.3 is 10.1 Å². The summed E-state index contributed by atoms with van der Waals surface area (Å²) in [6.45, 7) is 8.09. The second-order valence-corrected chi connectivity index (χ2v) is 5.38. The number of hydrogen-bond acceptors (Lipinski definition) is 3. The number of aryl methyl sites for hydroxylation is 1. The fourth-order valence-corrected chi connectivity index (χ4v) is 1.35. The van der Waals surface area contributed by atoms with Gasteiger partial charge in [-0.15, -0.1) is 0 Å². The molecule has 1 aromatic rings. The number of aromatic nitrogens is 1. The molecule has 4 nitrogen and oxygen atoms in total. The molecule has 0 aliphatic carbocycles. The maximum Gasteiger partial charge on any atom is 0.407 e. The topological polar surface area (TPSA) is 51.2 Å². The first-order chi connectivity index (χ1) is 8.87. The molecule has 1 aromatic heterocycles. The fraction of sp³-hybridized carbons (Fsp3) is 0.467. The van der Waals surface area contributed by atoms with Crippen molar-refractivity contribution in [3.8, 4) is 0 Å². The fourth-order valence-electron chi connectivity index (χ4n) is 1.35. The Morgan fingerprint density at radius 2 is 2.16 bits per heavy atom. The maximum atomic E-state index is 11.4. The van der Waals surface area contributed by atoms with E-state index in [-0.39, 0.29) is 6.09 Å². The molecule has 0 unspecified atom stereocenters. The standard InChI is InChI=1S/C15H22N2O2/c1-12-8-9-13(17-11-12)7-5-6-10-16-14(18)19-15(2,3)4/h5,7-9,11H,6,10H2,1-4H3,(H,16,18). The van der Waals surface area contributed by atoms with Gasteiger partial charge in [0.05, 0.1) is 5.69 Å². The SMILES string of the molecule is Cc1ccc(C=CCCNC(=O)OC(C)(C)C)nc1. The molecule has 0 atom stereocenters. The van der Waals surface area contributed by atoms with Crippen LogP contribution in [0.4, 0.5) is 4.79 Å². The van der Waals surface area contributed by atoms with Gasteiger partial charge >= 0.3 is 6.09 Å². The average molecular weight is 262 g/mol. The molecule has 0 radical (unpaired) electrons. The Kier molecular flexibility index (Phi) is 5.55. The summed E-state index contributed by atoms with van der Waals surface area (Å²) in [6, 6.07) is 3.98. The van der Waals surface area contributed by atoms with Crippen LogP contribution in [0.1, 0.15) is 38.4 Å². The Morgan fingerprint density at radius 3 is 2.74 bits per heavy atom. The summed E-state index contributed by atoms with van der Waals surface area (Å²) in [7, 11) is 0. The van der Waals surface area contributed by atoms with E-state index in [0.717, 1.165) is 17.7 Å². The second kappa shape index (κ2) is 6.92. The van der Waals surface area contributed by atoms with Crippen LogP contribution in [0.15, 0.2) is 24.4 Å². The molecule has 0 saturated heterocycles. The maximum absolute atomic E-state index is 11.4. The van der Waals surface area contributed by atoms with Crippen LogP contribution in [0.3, 0.4) is 0 Å². The summed E-state index contributed by atoms with van der Waals surface area (Å²) in [5.41, 5.74) is 1.61. The lowest BCUT2D eigenvalue weighted by atomic mass is 10.2. The number of ether oxygens (including phenoxy) is 1. The summed E-state index contributed by atoms with van der Waals surface area (Å²) < 4.78 is 5.13. The van der Waals surface area contributed by atoms with Gasteiger partial charge in [-0.25, -0.2) is 4.79 Å². The number of rotatable bonds is 4. The van der Waals surface area contributed by atoms with Crippen molar-refractivity contribution in [3.05, 3.63) is 35.7 Å². The third-order valence-corrected chi connectivity index (χ3v) is 2.20. The minimum atomic E-state index is -0.453. The first-order valence-electron chi connectivity index (χ1n) is 6.43. The molecule has 0 bridgehead atoms. The van der Waals surface area contributed by atoms with Crippen molar-refractivity contribution in [3.63, 3.8) is 0 Å². The van der Waals surface area contributed by atoms with Crippen LogP contribution in [0.2, 0.25) is 0 Å². The van der Waals surface area contributed by atoms with Crippen molar-refractivity contribution in [2.24, 2.45) is 0 Å². The third-order valence-electron chi connectivity index (χ3n) is 2.20. The minimum Gasteiger partial charge on any atom is -0.444 e. The predicted molar refractivity (Wildman–Crippen MR) is 76.9 cm³/mol. The van der Waals surface area contributed by atoms with E-state index in [4.69, 9.17) is 4.74 Å². The number of nitrogens with one attached hydrogen (secondary N) is 1. The van der Waals surface area contributed by atoms with Gasteiger partial charge in [0.15, 0.2) is 0 Å². The van der Waals surface area contributed by atoms with E-state index in [2.05, 4.69) is 10.3 Å². The molecule has 104 valence electrons. The Bertz CT molecular complexity index is 430. The predicted octanol–water partition coefficient (Wildman–Crippen LogP) is 3.32. The average Bonchev–Trinajstić information content (AvgIpc) is 2.29. The minimum absolute atomic E-state index is 0.380. The Labute approximate surface area is 114 Å². The van der Waals surface area contributed by atoms with Crippen LogP contribution in [0.25, 0.3) is 6.08 Å². The third kappa shape index (κ3) is 7.24. The van der Waals surface area contributed by atoms with Crippen molar-refractivity contribution in [1.29, 1.82) is 0 Å². The van der Waals surface area contributed by atoms with Crippen molar-refractivity contribution >= 4 is 12.2 Å². The van der Waals surface area contributed by atoms with Crippen LogP contribution < -0.4 is 5.32 Å². The Hall–Kier alpha value is -1.84. The highest BCUT2D eigenvalue weighted by Gasteiger charge is 2.14. The van der Waals surface area contributed by atoms with E-state index in [1.54, 1.807) is 0 Å². The van der Waals surface area contributed by atoms with Crippen molar-refractivity contribution in [2.45, 2.75) is 39.7 Å². The lowest BCUT2D eigenvalue weighted by Crippen LogP contribution is -2.32. The molecule has 19 heavy (non-hydrogen) atoms. The highest BCUT2D eigenvalue weighted by Crippen LogP contribution is 2.06. The lowest BCUT2D eigenvalue weighted by molar-refractivity contribution is 0.0529. The van der Waals surface area contributed by atoms with E-state index in [1.165, 1.54) is 0 Å². The van der Waals surface area contributed by atoms with E-state index >= 15 is 0 Å². The first kappa shape index (κ1) is 15.2. The molecule has 4 heteroatoms. The largest absolute Gasteiger partial charge is 0.444 e. The molecule has 1 heterocycles. The zero-order valence-electron chi connectivity index (χ0n) is 12.1. The summed E-state index contributed by atoms with van der Waals surface area (Å²) in [4.78, 5) is 15.6. The normalized spacial score (nSPS) is 11.6. The highest BCUT2D eigenvalue weighted by molar-refractivity contribution is 5.67. The van der Waals surface area contributed by atoms with Gasteiger partial charge in [0.1, 0.15) is 5.60 Å². The second-order valence-electron chi connectivity index (χ2n) is 5.38. The van der Waals surface area contributed by atoms with E-state index in [1.807, 2.05) is 58.2 Å². The van der Waals surface area contributed by atoms with Gasteiger partial charge in [0.2, 0.25) is 0 Å². The number of carbonyl (C=O) groups is 1. The number of carbonyl (C=O) groups excluding carboxylic acids is 1. The summed E-state index contributed by atoms with van der Waals surface area (Å²) in [5, 5.41) is 2.70. The molecule has 0 saturated carbocycles. The van der Waals surface area contributed by atoms with Crippen molar-refractivity contribution in [2.75, 3.05) is 6.54 Å². The summed E-state index contributed by atoms with van der Waals surface area (Å²) >= 11 is 0. The summed E-state index contributed by atoms with van der Waals surface area (Å²) in [5.74, 6) is 0.